The van der Waals surface area contributed by atoms with Crippen molar-refractivity contribution in [1.29, 1.82) is 0 Å². The number of anilines is 2. The van der Waals surface area contributed by atoms with Gasteiger partial charge in [0.2, 0.25) is 5.91 Å². The second kappa shape index (κ2) is 10.8. The minimum atomic E-state index is -0.465. The molecule has 10 nitrogen and oxygen atoms in total. The Kier molecular flexibility index (Phi) is 7.22. The standard InChI is InChI=1S/C27H23N5O5S2/c1-4-37-26(36)16-9-10-18-19(11-16)38-27(30-18)31-20(33)12-32-13-28-24-21(25(32)35)15(3)22(39-24)23(34)29-17-8-6-5-7-14(17)2/h5-11,13H,4,12H2,1-3H3,(H,29,34)(H,30,31,33). The van der Waals surface area contributed by atoms with Crippen LogP contribution in [-0.2, 0) is 16.1 Å². The predicted octanol–water partition coefficient (Wildman–Crippen LogP) is 4.75. The Bertz CT molecular complexity index is 1820. The molecule has 5 rings (SSSR count). The highest BCUT2D eigenvalue weighted by molar-refractivity contribution is 7.22. The number of nitrogens with one attached hydrogen (secondary N) is 2. The topological polar surface area (TPSA) is 132 Å². The highest BCUT2D eigenvalue weighted by Crippen LogP contribution is 2.29. The lowest BCUT2D eigenvalue weighted by Gasteiger charge is -2.07. The molecule has 198 valence electrons. The van der Waals surface area contributed by atoms with Crippen molar-refractivity contribution < 1.29 is 19.1 Å². The van der Waals surface area contributed by atoms with E-state index in [2.05, 4.69) is 20.6 Å². The molecule has 0 radical (unpaired) electrons. The number of para-hydroxylation sites is 1. The van der Waals surface area contributed by atoms with Gasteiger partial charge in [0.05, 0.1) is 39.0 Å². The van der Waals surface area contributed by atoms with Crippen molar-refractivity contribution in [1.82, 2.24) is 14.5 Å². The molecule has 0 saturated heterocycles. The van der Waals surface area contributed by atoms with Crippen molar-refractivity contribution in [2.75, 3.05) is 17.2 Å². The van der Waals surface area contributed by atoms with E-state index in [4.69, 9.17) is 4.74 Å². The van der Waals surface area contributed by atoms with Crippen LogP contribution in [0, 0.1) is 13.8 Å². The van der Waals surface area contributed by atoms with E-state index in [9.17, 15) is 19.2 Å². The zero-order valence-electron chi connectivity index (χ0n) is 21.2. The number of thiophene rings is 1. The molecule has 0 bridgehead atoms. The minimum absolute atomic E-state index is 0.272. The van der Waals surface area contributed by atoms with Crippen molar-refractivity contribution in [3.63, 3.8) is 0 Å². The molecule has 3 aromatic heterocycles. The molecule has 2 aromatic carbocycles. The largest absolute Gasteiger partial charge is 0.462 e. The van der Waals surface area contributed by atoms with E-state index < -0.39 is 17.4 Å². The van der Waals surface area contributed by atoms with Gasteiger partial charge in [0.1, 0.15) is 11.4 Å². The lowest BCUT2D eigenvalue weighted by Crippen LogP contribution is -2.27. The molecule has 0 aliphatic rings. The molecule has 12 heteroatoms. The van der Waals surface area contributed by atoms with Gasteiger partial charge in [-0.2, -0.15) is 0 Å². The Morgan fingerprint density at radius 3 is 2.62 bits per heavy atom. The van der Waals surface area contributed by atoms with Gasteiger partial charge in [-0.25, -0.2) is 14.8 Å². The number of thiazole rings is 1. The third-order valence-corrected chi connectivity index (χ3v) is 8.11. The summed E-state index contributed by atoms with van der Waals surface area (Å²) in [6.45, 7) is 5.31. The molecule has 0 unspecified atom stereocenters. The number of aryl methyl sites for hydroxylation is 2. The first-order valence-electron chi connectivity index (χ1n) is 12.0. The number of carbonyl (C=O) groups excluding carboxylic acids is 3. The number of esters is 1. The van der Waals surface area contributed by atoms with Gasteiger partial charge in [0, 0.05) is 5.69 Å². The van der Waals surface area contributed by atoms with Crippen LogP contribution in [0.25, 0.3) is 20.4 Å². The molecule has 0 saturated carbocycles. The molecule has 0 aliphatic carbocycles. The molecule has 3 heterocycles. The zero-order valence-corrected chi connectivity index (χ0v) is 22.9. The van der Waals surface area contributed by atoms with E-state index in [1.807, 2.05) is 31.2 Å². The molecule has 0 aliphatic heterocycles. The Morgan fingerprint density at radius 1 is 1.05 bits per heavy atom. The average Bonchev–Trinajstić information content (AvgIpc) is 3.47. The number of amides is 2. The van der Waals surface area contributed by atoms with Crippen LogP contribution < -0.4 is 16.2 Å². The normalized spacial score (nSPS) is 11.1. The van der Waals surface area contributed by atoms with Gasteiger partial charge in [0.15, 0.2) is 5.13 Å². The smallest absolute Gasteiger partial charge is 0.338 e. The van der Waals surface area contributed by atoms with Crippen LogP contribution in [-0.4, -0.2) is 38.9 Å². The summed E-state index contributed by atoms with van der Waals surface area (Å²) < 4.78 is 6.94. The quantitative estimate of drug-likeness (QED) is 0.274. The molecule has 2 amide bonds. The van der Waals surface area contributed by atoms with E-state index in [1.54, 1.807) is 32.0 Å². The number of carbonyl (C=O) groups is 3. The summed E-state index contributed by atoms with van der Waals surface area (Å²) in [6, 6.07) is 12.4. The maximum absolute atomic E-state index is 13.2. The van der Waals surface area contributed by atoms with E-state index in [0.717, 1.165) is 16.9 Å². The van der Waals surface area contributed by atoms with Crippen molar-refractivity contribution in [3.05, 3.63) is 80.7 Å². The first-order chi connectivity index (χ1) is 18.7. The van der Waals surface area contributed by atoms with Crippen LogP contribution in [0.15, 0.2) is 53.6 Å². The third-order valence-electron chi connectivity index (χ3n) is 5.98. The molecule has 39 heavy (non-hydrogen) atoms. The minimum Gasteiger partial charge on any atom is -0.462 e. The summed E-state index contributed by atoms with van der Waals surface area (Å²) >= 11 is 2.34. The van der Waals surface area contributed by atoms with Gasteiger partial charge in [-0.3, -0.25) is 19.0 Å². The summed E-state index contributed by atoms with van der Waals surface area (Å²) in [5.41, 5.74) is 2.72. The lowest BCUT2D eigenvalue weighted by molar-refractivity contribution is -0.116. The maximum atomic E-state index is 13.2. The van der Waals surface area contributed by atoms with Gasteiger partial charge in [-0.05, 0) is 56.2 Å². The van der Waals surface area contributed by atoms with Crippen LogP contribution >= 0.6 is 22.7 Å². The van der Waals surface area contributed by atoms with Crippen LogP contribution in [0.4, 0.5) is 10.8 Å². The average molecular weight is 562 g/mol. The van der Waals surface area contributed by atoms with Crippen LogP contribution in [0.2, 0.25) is 0 Å². The van der Waals surface area contributed by atoms with Crippen molar-refractivity contribution in [2.45, 2.75) is 27.3 Å². The fraction of sp³-hybridized carbons (Fsp3) is 0.185. The van der Waals surface area contributed by atoms with E-state index in [1.165, 1.54) is 22.2 Å². The first-order valence-corrected chi connectivity index (χ1v) is 13.6. The number of ether oxygens (including phenoxy) is 1. The number of nitrogens with zero attached hydrogens (tertiary/aromatic N) is 3. The highest BCUT2D eigenvalue weighted by Gasteiger charge is 2.21. The molecular formula is C27H23N5O5S2. The molecule has 5 aromatic rings. The summed E-state index contributed by atoms with van der Waals surface area (Å²) in [5.74, 6) is -1.22. The van der Waals surface area contributed by atoms with E-state index in [0.29, 0.717) is 47.3 Å². The number of benzene rings is 2. The Morgan fingerprint density at radius 2 is 1.85 bits per heavy atom. The lowest BCUT2D eigenvalue weighted by atomic mass is 10.2. The summed E-state index contributed by atoms with van der Waals surface area (Å²) in [4.78, 5) is 60.5. The van der Waals surface area contributed by atoms with Gasteiger partial charge >= 0.3 is 5.97 Å². The molecule has 2 N–H and O–H groups in total. The van der Waals surface area contributed by atoms with Gasteiger partial charge < -0.3 is 15.4 Å². The Labute approximate surface area is 230 Å². The van der Waals surface area contributed by atoms with Crippen LogP contribution in [0.3, 0.4) is 0 Å². The van der Waals surface area contributed by atoms with E-state index >= 15 is 0 Å². The molecule has 0 fully saturated rings. The fourth-order valence-corrected chi connectivity index (χ4v) is 5.97. The monoisotopic (exact) mass is 561 g/mol. The maximum Gasteiger partial charge on any atom is 0.338 e. The van der Waals surface area contributed by atoms with Crippen LogP contribution in [0.1, 0.15) is 38.1 Å². The van der Waals surface area contributed by atoms with Gasteiger partial charge in [-0.1, -0.05) is 29.5 Å². The molecule has 0 atom stereocenters. The third kappa shape index (κ3) is 5.29. The highest BCUT2D eigenvalue weighted by atomic mass is 32.1. The number of hydrogen-bond acceptors (Lipinski definition) is 9. The van der Waals surface area contributed by atoms with Crippen molar-refractivity contribution in [3.8, 4) is 0 Å². The summed E-state index contributed by atoms with van der Waals surface area (Å²) in [6.07, 6.45) is 1.30. The summed E-state index contributed by atoms with van der Waals surface area (Å²) in [7, 11) is 0. The van der Waals surface area contributed by atoms with Crippen LogP contribution in [0.5, 0.6) is 0 Å². The summed E-state index contributed by atoms with van der Waals surface area (Å²) in [5, 5.41) is 6.23. The molecule has 0 spiro atoms. The first kappa shape index (κ1) is 26.2. The number of hydrogen-bond donors (Lipinski definition) is 2. The zero-order chi connectivity index (χ0) is 27.7. The second-order valence-corrected chi connectivity index (χ2v) is 10.7. The molecular weight excluding hydrogens is 538 g/mol. The Balaban J connectivity index is 1.34. The Hall–Kier alpha value is -4.42. The second-order valence-electron chi connectivity index (χ2n) is 8.65. The number of aromatic nitrogens is 3. The van der Waals surface area contributed by atoms with Crippen molar-refractivity contribution >= 4 is 71.7 Å². The predicted molar refractivity (Wildman–Crippen MR) is 152 cm³/mol. The SMILES string of the molecule is CCOC(=O)c1ccc2nc(NC(=O)Cn3cnc4sc(C(=O)Nc5ccccc5C)c(C)c4c3=O)sc2c1. The number of fused-ring (bicyclic) bond motifs is 2. The fourth-order valence-electron chi connectivity index (χ4n) is 4.01. The van der Waals surface area contributed by atoms with Gasteiger partial charge in [0.25, 0.3) is 11.5 Å². The number of rotatable bonds is 7. The van der Waals surface area contributed by atoms with E-state index in [-0.39, 0.29) is 19.1 Å². The van der Waals surface area contributed by atoms with Crippen molar-refractivity contribution in [2.24, 2.45) is 0 Å². The van der Waals surface area contributed by atoms with Gasteiger partial charge in [-0.15, -0.1) is 11.3 Å².